The number of aromatic nitrogens is 2. The first-order chi connectivity index (χ1) is 5.24. The van der Waals surface area contributed by atoms with E-state index in [0.29, 0.717) is 0 Å². The van der Waals surface area contributed by atoms with Gasteiger partial charge in [0.05, 0.1) is 7.05 Å². The number of terminal acetylenes is 1. The van der Waals surface area contributed by atoms with Crippen LogP contribution in [0, 0.1) is 12.5 Å². The van der Waals surface area contributed by atoms with Gasteiger partial charge in [-0.05, 0) is 0 Å². The summed E-state index contributed by atoms with van der Waals surface area (Å²) in [6, 6.07) is 2.44. The second-order valence-electron chi connectivity index (χ2n) is 1.70. The Balaban J connectivity index is 0.000000292. The van der Waals surface area contributed by atoms with Crippen LogP contribution >= 0.6 is 0 Å². The molecule has 0 aliphatic heterocycles. The molecule has 5 nitrogen and oxygen atoms in total. The SMILES string of the molecule is C#Cn1cc[n+](C)c1.[N-]=[N+]=[N-]. The van der Waals surface area contributed by atoms with Gasteiger partial charge in [0.1, 0.15) is 18.4 Å². The van der Waals surface area contributed by atoms with Gasteiger partial charge in [-0.2, -0.15) is 4.57 Å². The van der Waals surface area contributed by atoms with Gasteiger partial charge in [-0.25, -0.2) is 4.57 Å². The average molecular weight is 149 g/mol. The van der Waals surface area contributed by atoms with Crippen molar-refractivity contribution in [3.63, 3.8) is 0 Å². The monoisotopic (exact) mass is 149 g/mol. The summed E-state index contributed by atoms with van der Waals surface area (Å²) in [6.45, 7) is 0. The molecule has 0 aliphatic carbocycles. The minimum Gasteiger partial charge on any atom is -0.373 e. The quantitative estimate of drug-likeness (QED) is 0.170. The molecule has 1 aromatic rings. The van der Waals surface area contributed by atoms with Crippen LogP contribution in [0.1, 0.15) is 0 Å². The average Bonchev–Trinajstić information content (AvgIpc) is 2.37. The number of imidazole rings is 1. The topological polar surface area (TPSA) is 67.5 Å². The van der Waals surface area contributed by atoms with E-state index in [9.17, 15) is 0 Å². The number of aryl methyl sites for hydroxylation is 1. The molecule has 0 aromatic carbocycles. The molecule has 0 aliphatic rings. The zero-order valence-corrected chi connectivity index (χ0v) is 6.05. The molecule has 0 fully saturated rings. The third-order valence-electron chi connectivity index (χ3n) is 0.918. The van der Waals surface area contributed by atoms with Gasteiger partial charge in [0.2, 0.25) is 0 Å². The third kappa shape index (κ3) is 3.62. The molecule has 0 radical (unpaired) electrons. The van der Waals surface area contributed by atoms with E-state index in [1.165, 1.54) is 4.91 Å². The minimum atomic E-state index is 1.50. The fourth-order valence-corrected chi connectivity index (χ4v) is 0.527. The Bertz CT molecular complexity index is 286. The van der Waals surface area contributed by atoms with E-state index in [-0.39, 0.29) is 0 Å². The lowest BCUT2D eigenvalue weighted by Crippen LogP contribution is -2.23. The number of hydrogen-bond donors (Lipinski definition) is 0. The second kappa shape index (κ2) is 4.91. The molecule has 56 valence electrons. The largest absolute Gasteiger partial charge is 0.373 e. The van der Waals surface area contributed by atoms with Gasteiger partial charge >= 0.3 is 0 Å². The van der Waals surface area contributed by atoms with Crippen molar-refractivity contribution >= 4 is 0 Å². The molecule has 0 spiro atoms. The van der Waals surface area contributed by atoms with Crippen LogP contribution in [-0.4, -0.2) is 4.57 Å². The lowest BCUT2D eigenvalue weighted by molar-refractivity contribution is -0.670. The molecule has 11 heavy (non-hydrogen) atoms. The van der Waals surface area contributed by atoms with Crippen molar-refractivity contribution in [1.82, 2.24) is 4.57 Å². The lowest BCUT2D eigenvalue weighted by Gasteiger charge is -1.71. The Hall–Kier alpha value is -1.92. The maximum atomic E-state index is 6.75. The van der Waals surface area contributed by atoms with Gasteiger partial charge in [0.15, 0.2) is 0 Å². The van der Waals surface area contributed by atoms with Crippen molar-refractivity contribution in [2.75, 3.05) is 0 Å². The zero-order valence-electron chi connectivity index (χ0n) is 6.05. The number of nitrogens with zero attached hydrogens (tertiary/aromatic N) is 5. The van der Waals surface area contributed by atoms with E-state index in [1.807, 2.05) is 30.3 Å². The number of rotatable bonds is 0. The Kier molecular flexibility index (Phi) is 4.06. The van der Waals surface area contributed by atoms with Crippen LogP contribution in [0.5, 0.6) is 0 Å². The predicted molar refractivity (Wildman–Crippen MR) is 39.9 cm³/mol. The molecule has 0 atom stereocenters. The molecular formula is C6H7N5. The van der Waals surface area contributed by atoms with Gasteiger partial charge in [0.25, 0.3) is 6.33 Å². The molecule has 0 N–H and O–H groups in total. The van der Waals surface area contributed by atoms with Crippen LogP contribution in [0.3, 0.4) is 0 Å². The highest BCUT2D eigenvalue weighted by atomic mass is 15.1. The summed E-state index contributed by atoms with van der Waals surface area (Å²) in [4.78, 5) is 1.50. The zero-order chi connectivity index (χ0) is 8.69. The summed E-state index contributed by atoms with van der Waals surface area (Å²) in [5, 5.41) is 0. The lowest BCUT2D eigenvalue weighted by atomic mass is 10.9. The summed E-state index contributed by atoms with van der Waals surface area (Å²) < 4.78 is 3.54. The summed E-state index contributed by atoms with van der Waals surface area (Å²) >= 11 is 0. The molecule has 5 heteroatoms. The van der Waals surface area contributed by atoms with Gasteiger partial charge in [-0.1, -0.05) is 6.42 Å². The molecule has 0 unspecified atom stereocenters. The van der Waals surface area contributed by atoms with E-state index in [4.69, 9.17) is 17.5 Å². The van der Waals surface area contributed by atoms with Crippen molar-refractivity contribution in [2.24, 2.45) is 7.05 Å². The Morgan fingerprint density at radius 2 is 2.18 bits per heavy atom. The van der Waals surface area contributed by atoms with Crippen LogP contribution in [-0.2, 0) is 7.05 Å². The molecule has 0 saturated carbocycles. The molecular weight excluding hydrogens is 142 g/mol. The summed E-state index contributed by atoms with van der Waals surface area (Å²) in [5.74, 6) is 0. The third-order valence-corrected chi connectivity index (χ3v) is 0.918. The van der Waals surface area contributed by atoms with Crippen molar-refractivity contribution in [3.8, 4) is 12.5 Å². The molecule has 0 bridgehead atoms. The van der Waals surface area contributed by atoms with Gasteiger partial charge < -0.3 is 11.1 Å². The highest BCUT2D eigenvalue weighted by Crippen LogP contribution is 1.73. The second-order valence-corrected chi connectivity index (χ2v) is 1.70. The Morgan fingerprint density at radius 1 is 1.64 bits per heavy atom. The maximum absolute atomic E-state index is 6.75. The van der Waals surface area contributed by atoms with Crippen molar-refractivity contribution < 1.29 is 4.57 Å². The van der Waals surface area contributed by atoms with Crippen molar-refractivity contribution in [2.45, 2.75) is 0 Å². The molecule has 0 saturated heterocycles. The Morgan fingerprint density at radius 3 is 2.36 bits per heavy atom. The van der Waals surface area contributed by atoms with Crippen LogP contribution in [0.4, 0.5) is 0 Å². The van der Waals surface area contributed by atoms with E-state index in [1.54, 1.807) is 4.57 Å². The molecule has 1 aromatic heterocycles. The van der Waals surface area contributed by atoms with Gasteiger partial charge in [-0.3, -0.25) is 4.91 Å². The Labute approximate surface area is 64.3 Å². The molecule has 1 heterocycles. The van der Waals surface area contributed by atoms with Crippen molar-refractivity contribution in [3.05, 3.63) is 34.7 Å². The number of hydrogen-bond acceptors (Lipinski definition) is 0. The highest BCUT2D eigenvalue weighted by Gasteiger charge is 1.91. The van der Waals surface area contributed by atoms with E-state index >= 15 is 0 Å². The fraction of sp³-hybridized carbons (Fsp3) is 0.167. The van der Waals surface area contributed by atoms with Crippen molar-refractivity contribution in [1.29, 1.82) is 0 Å². The normalized spacial score (nSPS) is 6.91. The summed E-state index contributed by atoms with van der Waals surface area (Å²) in [7, 11) is 1.92. The van der Waals surface area contributed by atoms with E-state index in [2.05, 4.69) is 6.04 Å². The predicted octanol–water partition coefficient (Wildman–Crippen LogP) is 0.617. The van der Waals surface area contributed by atoms with Gasteiger partial charge in [-0.15, -0.1) is 0 Å². The first kappa shape index (κ1) is 9.08. The summed E-state index contributed by atoms with van der Waals surface area (Å²) in [6.07, 6.45) is 10.6. The van der Waals surface area contributed by atoms with Crippen LogP contribution in [0.2, 0.25) is 0 Å². The molecule has 1 rings (SSSR count). The van der Waals surface area contributed by atoms with Gasteiger partial charge in [0, 0.05) is 0 Å². The smallest absolute Gasteiger partial charge is 0.257 e. The van der Waals surface area contributed by atoms with Crippen LogP contribution in [0.25, 0.3) is 16.0 Å². The fourth-order valence-electron chi connectivity index (χ4n) is 0.527. The first-order valence-corrected chi connectivity index (χ1v) is 2.73. The minimum absolute atomic E-state index is 1.50. The van der Waals surface area contributed by atoms with Crippen LogP contribution in [0.15, 0.2) is 18.7 Å². The first-order valence-electron chi connectivity index (χ1n) is 2.73. The van der Waals surface area contributed by atoms with E-state index in [0.717, 1.165) is 0 Å². The maximum Gasteiger partial charge on any atom is 0.257 e. The highest BCUT2D eigenvalue weighted by molar-refractivity contribution is 4.89. The summed E-state index contributed by atoms with van der Waals surface area (Å²) in [5.41, 5.74) is 13.5. The standard InChI is InChI=1S/C6H7N2.N3/c1-3-8-5-4-7(2)6-8;1-3-2/h1,4-6H,2H3;/q+1;-1. The van der Waals surface area contributed by atoms with E-state index < -0.39 is 0 Å². The molecule has 0 amide bonds. The van der Waals surface area contributed by atoms with Crippen LogP contribution < -0.4 is 4.57 Å².